The van der Waals surface area contributed by atoms with Crippen molar-refractivity contribution >= 4 is 36.8 Å². The average molecular weight is 341 g/mol. The molecule has 1 saturated carbocycles. The van der Waals surface area contributed by atoms with E-state index in [1.54, 1.807) is 18.5 Å². The largest absolute Gasteiger partial charge is 0.490 e. The fraction of sp³-hybridized carbons (Fsp3) is 0.222. The van der Waals surface area contributed by atoms with Crippen LogP contribution in [0.2, 0.25) is 0 Å². The molecular weight excluding hydrogens is 324 g/mol. The van der Waals surface area contributed by atoms with E-state index in [1.807, 2.05) is 12.1 Å². The number of hydrogen-bond acceptors (Lipinski definition) is 4. The number of nitrogens with one attached hydrogen (secondary N) is 1. The van der Waals surface area contributed by atoms with Crippen molar-refractivity contribution in [1.82, 2.24) is 9.97 Å². The van der Waals surface area contributed by atoms with Crippen LogP contribution in [0, 0.1) is 5.82 Å². The summed E-state index contributed by atoms with van der Waals surface area (Å²) in [7, 11) is 2.66. The zero-order valence-corrected chi connectivity index (χ0v) is 14.2. The van der Waals surface area contributed by atoms with Gasteiger partial charge in [-0.1, -0.05) is 9.24 Å². The molecule has 1 N–H and O–H groups in total. The number of fused-ring (bicyclic) bond motifs is 1. The molecule has 122 valence electrons. The van der Waals surface area contributed by atoms with Gasteiger partial charge >= 0.3 is 0 Å². The van der Waals surface area contributed by atoms with Crippen molar-refractivity contribution in [2.45, 2.75) is 25.4 Å². The van der Waals surface area contributed by atoms with Crippen molar-refractivity contribution in [2.75, 3.05) is 5.32 Å². The van der Waals surface area contributed by atoms with E-state index in [-0.39, 0.29) is 5.82 Å². The maximum absolute atomic E-state index is 14.2. The van der Waals surface area contributed by atoms with Crippen molar-refractivity contribution in [1.29, 1.82) is 0 Å². The van der Waals surface area contributed by atoms with Gasteiger partial charge in [-0.3, -0.25) is 4.98 Å². The molecule has 1 aromatic carbocycles. The van der Waals surface area contributed by atoms with Crippen LogP contribution in [0.5, 0.6) is 5.75 Å². The van der Waals surface area contributed by atoms with E-state index < -0.39 is 0 Å². The standard InChI is InChI=1S/C18H17FN3OP/c19-15-9-12(8-11-4-6-20-10-14(11)15)22-18-17(24)16(5-7-21-18)23-13-2-1-3-13/h4-10,13H,1-3,24H2,(H,21,22). The number of ether oxygens (including phenoxy) is 1. The highest BCUT2D eigenvalue weighted by Crippen LogP contribution is 2.28. The molecule has 2 heterocycles. The summed E-state index contributed by atoms with van der Waals surface area (Å²) < 4.78 is 20.2. The minimum Gasteiger partial charge on any atom is -0.490 e. The monoisotopic (exact) mass is 341 g/mol. The Morgan fingerprint density at radius 2 is 2.08 bits per heavy atom. The van der Waals surface area contributed by atoms with E-state index in [2.05, 4.69) is 24.5 Å². The Kier molecular flexibility index (Phi) is 4.03. The quantitative estimate of drug-likeness (QED) is 0.730. The number of rotatable bonds is 4. The molecule has 4 nitrogen and oxygen atoms in total. The van der Waals surface area contributed by atoms with E-state index in [4.69, 9.17) is 4.74 Å². The third-order valence-corrected chi connectivity index (χ3v) is 4.82. The lowest BCUT2D eigenvalue weighted by Crippen LogP contribution is -2.26. The van der Waals surface area contributed by atoms with Crippen molar-refractivity contribution in [3.8, 4) is 5.75 Å². The fourth-order valence-electron chi connectivity index (χ4n) is 2.69. The summed E-state index contributed by atoms with van der Waals surface area (Å²) in [5, 5.41) is 5.32. The summed E-state index contributed by atoms with van der Waals surface area (Å²) in [6.45, 7) is 0. The Morgan fingerprint density at radius 1 is 1.21 bits per heavy atom. The van der Waals surface area contributed by atoms with E-state index in [1.165, 1.54) is 18.7 Å². The van der Waals surface area contributed by atoms with E-state index in [0.717, 1.165) is 29.3 Å². The van der Waals surface area contributed by atoms with Gasteiger partial charge in [0.25, 0.3) is 0 Å². The lowest BCUT2D eigenvalue weighted by Gasteiger charge is -2.27. The summed E-state index contributed by atoms with van der Waals surface area (Å²) in [5.74, 6) is 1.13. The van der Waals surface area contributed by atoms with Crippen molar-refractivity contribution < 1.29 is 9.13 Å². The molecule has 0 amide bonds. The van der Waals surface area contributed by atoms with Gasteiger partial charge in [0.2, 0.25) is 0 Å². The Labute approximate surface area is 141 Å². The SMILES string of the molecule is Fc1cc(Nc2nccc(OC3CCC3)c2P)cc2ccncc12. The predicted octanol–water partition coefficient (Wildman–Crippen LogP) is 3.94. The molecule has 0 radical (unpaired) electrons. The molecule has 0 bridgehead atoms. The molecule has 4 rings (SSSR count). The van der Waals surface area contributed by atoms with Crippen LogP contribution in [0.25, 0.3) is 10.8 Å². The first-order chi connectivity index (χ1) is 11.7. The summed E-state index contributed by atoms with van der Waals surface area (Å²) >= 11 is 0. The first-order valence-corrected chi connectivity index (χ1v) is 8.50. The van der Waals surface area contributed by atoms with Gasteiger partial charge in [-0.2, -0.15) is 0 Å². The summed E-state index contributed by atoms with van der Waals surface area (Å²) in [6, 6.07) is 6.98. The number of anilines is 2. The first-order valence-electron chi connectivity index (χ1n) is 7.92. The number of nitrogens with zero attached hydrogens (tertiary/aromatic N) is 2. The summed E-state index contributed by atoms with van der Waals surface area (Å²) in [5.41, 5.74) is 0.642. The molecule has 0 saturated heterocycles. The maximum Gasteiger partial charge on any atom is 0.141 e. The summed E-state index contributed by atoms with van der Waals surface area (Å²) in [4.78, 5) is 8.31. The molecule has 1 unspecified atom stereocenters. The van der Waals surface area contributed by atoms with Gasteiger partial charge < -0.3 is 10.1 Å². The molecule has 2 aromatic heterocycles. The Morgan fingerprint density at radius 3 is 2.88 bits per heavy atom. The summed E-state index contributed by atoms with van der Waals surface area (Å²) in [6.07, 6.45) is 8.59. The molecular formula is C18H17FN3OP. The molecule has 6 heteroatoms. The average Bonchev–Trinajstić information content (AvgIpc) is 2.54. The molecule has 1 aliphatic rings. The zero-order chi connectivity index (χ0) is 16.5. The van der Waals surface area contributed by atoms with Crippen LogP contribution in [0.15, 0.2) is 42.9 Å². The Balaban J connectivity index is 1.64. The van der Waals surface area contributed by atoms with E-state index >= 15 is 0 Å². The minimum absolute atomic E-state index is 0.296. The van der Waals surface area contributed by atoms with E-state index in [0.29, 0.717) is 23.0 Å². The third-order valence-electron chi connectivity index (χ3n) is 4.26. The van der Waals surface area contributed by atoms with Crippen molar-refractivity contribution in [2.24, 2.45) is 0 Å². The van der Waals surface area contributed by atoms with Gasteiger partial charge in [-0.25, -0.2) is 9.37 Å². The smallest absolute Gasteiger partial charge is 0.141 e. The van der Waals surface area contributed by atoms with Crippen molar-refractivity contribution in [3.63, 3.8) is 0 Å². The molecule has 0 spiro atoms. The van der Waals surface area contributed by atoms with Gasteiger partial charge in [-0.15, -0.1) is 0 Å². The molecule has 3 aromatic rings. The van der Waals surface area contributed by atoms with Crippen LogP contribution >= 0.6 is 9.24 Å². The third kappa shape index (κ3) is 2.92. The number of benzene rings is 1. The number of pyridine rings is 2. The van der Waals surface area contributed by atoms with Gasteiger partial charge in [0.05, 0.1) is 11.4 Å². The Hall–Kier alpha value is -2.26. The molecule has 1 atom stereocenters. The lowest BCUT2D eigenvalue weighted by molar-refractivity contribution is 0.121. The Bertz CT molecular complexity index is 899. The fourth-order valence-corrected chi connectivity index (χ4v) is 3.00. The number of aromatic nitrogens is 2. The van der Waals surface area contributed by atoms with Crippen molar-refractivity contribution in [3.05, 3.63) is 48.7 Å². The molecule has 0 aliphatic heterocycles. The van der Waals surface area contributed by atoms with Gasteiger partial charge in [-0.05, 0) is 48.9 Å². The van der Waals surface area contributed by atoms with Gasteiger partial charge in [0, 0.05) is 29.7 Å². The topological polar surface area (TPSA) is 47.0 Å². The second kappa shape index (κ2) is 6.33. The van der Waals surface area contributed by atoms with Crippen LogP contribution in [0.4, 0.5) is 15.9 Å². The highest BCUT2D eigenvalue weighted by Gasteiger charge is 2.20. The van der Waals surface area contributed by atoms with Crippen LogP contribution in [0.3, 0.4) is 0 Å². The number of hydrogen-bond donors (Lipinski definition) is 1. The highest BCUT2D eigenvalue weighted by atomic mass is 31.0. The highest BCUT2D eigenvalue weighted by molar-refractivity contribution is 7.28. The minimum atomic E-state index is -0.310. The normalized spacial score (nSPS) is 14.4. The lowest BCUT2D eigenvalue weighted by atomic mass is 9.96. The molecule has 24 heavy (non-hydrogen) atoms. The second-order valence-corrected chi connectivity index (χ2v) is 6.50. The molecule has 1 aliphatic carbocycles. The zero-order valence-electron chi connectivity index (χ0n) is 13.0. The van der Waals surface area contributed by atoms with Crippen LogP contribution < -0.4 is 15.4 Å². The second-order valence-electron chi connectivity index (χ2n) is 5.92. The molecule has 1 fully saturated rings. The predicted molar refractivity (Wildman–Crippen MR) is 96.8 cm³/mol. The first kappa shape index (κ1) is 15.3. The van der Waals surface area contributed by atoms with Crippen LogP contribution in [-0.4, -0.2) is 16.1 Å². The van der Waals surface area contributed by atoms with E-state index in [9.17, 15) is 4.39 Å². The van der Waals surface area contributed by atoms with Crippen LogP contribution in [0.1, 0.15) is 19.3 Å². The van der Waals surface area contributed by atoms with Crippen LogP contribution in [-0.2, 0) is 0 Å². The number of halogens is 1. The van der Waals surface area contributed by atoms with Gasteiger partial charge in [0.15, 0.2) is 0 Å². The maximum atomic E-state index is 14.2. The van der Waals surface area contributed by atoms with Gasteiger partial charge in [0.1, 0.15) is 17.4 Å².